The summed E-state index contributed by atoms with van der Waals surface area (Å²) in [4.78, 5) is 13.8. The molecule has 3 atom stereocenters. The van der Waals surface area contributed by atoms with E-state index in [0.717, 1.165) is 19.4 Å². The molecule has 3 heteroatoms. The minimum Gasteiger partial charge on any atom is -0.361 e. The number of hydrogen-bond donors (Lipinski definition) is 0. The summed E-state index contributed by atoms with van der Waals surface area (Å²) in [7, 11) is 0. The molecule has 3 heterocycles. The lowest BCUT2D eigenvalue weighted by atomic mass is 9.68. The Hall–Kier alpha value is -0.830. The first kappa shape index (κ1) is 12.0. The highest BCUT2D eigenvalue weighted by Crippen LogP contribution is 2.53. The predicted molar refractivity (Wildman–Crippen MR) is 72.7 cm³/mol. The van der Waals surface area contributed by atoms with Gasteiger partial charge in [-0.25, -0.2) is 0 Å². The van der Waals surface area contributed by atoms with Crippen molar-refractivity contribution >= 4 is 6.41 Å². The fourth-order valence-corrected chi connectivity index (χ4v) is 4.98. The van der Waals surface area contributed by atoms with Gasteiger partial charge in [-0.2, -0.15) is 0 Å². The van der Waals surface area contributed by atoms with Gasteiger partial charge in [-0.3, -0.25) is 4.79 Å². The zero-order valence-corrected chi connectivity index (χ0v) is 11.5. The molecule has 2 bridgehead atoms. The van der Waals surface area contributed by atoms with Crippen molar-refractivity contribution in [3.05, 3.63) is 12.2 Å². The van der Waals surface area contributed by atoms with Gasteiger partial charge in [0, 0.05) is 5.54 Å². The third-order valence-corrected chi connectivity index (χ3v) is 5.99. The van der Waals surface area contributed by atoms with Crippen molar-refractivity contribution in [2.45, 2.75) is 68.6 Å². The molecule has 3 aliphatic heterocycles. The second-order valence-electron chi connectivity index (χ2n) is 6.98. The van der Waals surface area contributed by atoms with E-state index in [0.29, 0.717) is 12.0 Å². The molecule has 2 saturated heterocycles. The van der Waals surface area contributed by atoms with Crippen LogP contribution in [0.4, 0.5) is 0 Å². The van der Waals surface area contributed by atoms with Gasteiger partial charge in [-0.15, -0.1) is 0 Å². The number of rotatable bonds is 1. The Bertz CT molecular complexity index is 411. The number of carbonyl (C=O) groups is 1. The van der Waals surface area contributed by atoms with Gasteiger partial charge >= 0.3 is 0 Å². The van der Waals surface area contributed by atoms with Crippen LogP contribution in [0.25, 0.3) is 0 Å². The molecule has 19 heavy (non-hydrogen) atoms. The van der Waals surface area contributed by atoms with Crippen LogP contribution in [0.2, 0.25) is 0 Å². The van der Waals surface area contributed by atoms with Crippen LogP contribution in [0.1, 0.15) is 51.4 Å². The van der Waals surface area contributed by atoms with Gasteiger partial charge < -0.3 is 9.64 Å². The Morgan fingerprint density at radius 2 is 2.00 bits per heavy atom. The molecule has 1 saturated carbocycles. The van der Waals surface area contributed by atoms with Crippen LogP contribution in [-0.2, 0) is 9.53 Å². The number of piperidine rings is 1. The Kier molecular flexibility index (Phi) is 2.57. The fraction of sp³-hybridized carbons (Fsp3) is 0.812. The molecule has 0 radical (unpaired) electrons. The molecular formula is C16H23NO2. The van der Waals surface area contributed by atoms with Gasteiger partial charge in [-0.1, -0.05) is 37.8 Å². The third kappa shape index (κ3) is 1.63. The van der Waals surface area contributed by atoms with Gasteiger partial charge in [0.15, 0.2) is 0 Å². The standard InChI is InChI=1S/C16H23NO2/c18-12-17-11-16-8-5-14(19-16)9-13(16)10-15(17)6-3-1-2-4-7-15/h5,8,12-14H,1-4,6-7,9-11H2/t13-,14+,16+/m1/s1. The minimum atomic E-state index is -0.136. The largest absolute Gasteiger partial charge is 0.361 e. The highest BCUT2D eigenvalue weighted by Gasteiger charge is 2.58. The molecule has 4 rings (SSSR count). The first-order valence-corrected chi connectivity index (χ1v) is 7.86. The quantitative estimate of drug-likeness (QED) is 0.536. The lowest BCUT2D eigenvalue weighted by Gasteiger charge is -2.53. The number of likely N-dealkylation sites (tertiary alicyclic amines) is 1. The van der Waals surface area contributed by atoms with Crippen LogP contribution >= 0.6 is 0 Å². The molecule has 2 spiro atoms. The molecule has 0 aromatic rings. The molecule has 0 aromatic carbocycles. The van der Waals surface area contributed by atoms with E-state index in [1.807, 2.05) is 0 Å². The summed E-state index contributed by atoms with van der Waals surface area (Å²) in [5.74, 6) is 0.636. The maximum Gasteiger partial charge on any atom is 0.210 e. The smallest absolute Gasteiger partial charge is 0.210 e. The van der Waals surface area contributed by atoms with Crippen LogP contribution in [0, 0.1) is 5.92 Å². The lowest BCUT2D eigenvalue weighted by molar-refractivity contribution is -0.140. The van der Waals surface area contributed by atoms with E-state index < -0.39 is 0 Å². The summed E-state index contributed by atoms with van der Waals surface area (Å²) in [6.45, 7) is 0.786. The van der Waals surface area contributed by atoms with Crippen molar-refractivity contribution < 1.29 is 9.53 Å². The summed E-state index contributed by atoms with van der Waals surface area (Å²) < 4.78 is 6.15. The molecule has 4 aliphatic rings. The summed E-state index contributed by atoms with van der Waals surface area (Å²) in [6.07, 6.45) is 15.8. The van der Waals surface area contributed by atoms with Crippen molar-refractivity contribution in [3.63, 3.8) is 0 Å². The summed E-state index contributed by atoms with van der Waals surface area (Å²) >= 11 is 0. The number of fused-ring (bicyclic) bond motifs is 1. The minimum absolute atomic E-state index is 0.136. The molecule has 0 aromatic heterocycles. The molecule has 3 fully saturated rings. The first-order valence-electron chi connectivity index (χ1n) is 7.86. The molecule has 1 amide bonds. The summed E-state index contributed by atoms with van der Waals surface area (Å²) in [5, 5.41) is 0. The van der Waals surface area contributed by atoms with Gasteiger partial charge in [0.1, 0.15) is 5.60 Å². The number of nitrogens with zero attached hydrogens (tertiary/aromatic N) is 1. The highest BCUT2D eigenvalue weighted by molar-refractivity contribution is 5.51. The third-order valence-electron chi connectivity index (χ3n) is 5.99. The Labute approximate surface area is 115 Å². The topological polar surface area (TPSA) is 29.5 Å². The molecule has 0 unspecified atom stereocenters. The lowest BCUT2D eigenvalue weighted by Crippen LogP contribution is -2.61. The zero-order chi connectivity index (χ0) is 12.9. The second kappa shape index (κ2) is 4.08. The number of carbonyl (C=O) groups excluding carboxylic acids is 1. The van der Waals surface area contributed by atoms with Gasteiger partial charge in [0.25, 0.3) is 0 Å². The zero-order valence-electron chi connectivity index (χ0n) is 11.5. The molecular weight excluding hydrogens is 238 g/mol. The Balaban J connectivity index is 1.66. The number of ether oxygens (including phenoxy) is 1. The maximum atomic E-state index is 11.7. The highest BCUT2D eigenvalue weighted by atomic mass is 16.5. The molecule has 1 aliphatic carbocycles. The van der Waals surface area contributed by atoms with E-state index in [9.17, 15) is 4.79 Å². The number of hydrogen-bond acceptors (Lipinski definition) is 2. The average molecular weight is 261 g/mol. The molecule has 0 N–H and O–H groups in total. The fourth-order valence-electron chi connectivity index (χ4n) is 4.98. The average Bonchev–Trinajstić information content (AvgIpc) is 2.88. The summed E-state index contributed by atoms with van der Waals surface area (Å²) in [5.41, 5.74) is 0.0129. The van der Waals surface area contributed by atoms with E-state index in [2.05, 4.69) is 17.1 Å². The Morgan fingerprint density at radius 3 is 2.68 bits per heavy atom. The van der Waals surface area contributed by atoms with Gasteiger partial charge in [0.2, 0.25) is 6.41 Å². The van der Waals surface area contributed by atoms with Crippen molar-refractivity contribution in [3.8, 4) is 0 Å². The monoisotopic (exact) mass is 261 g/mol. The van der Waals surface area contributed by atoms with Gasteiger partial charge in [0.05, 0.1) is 12.6 Å². The van der Waals surface area contributed by atoms with E-state index in [1.165, 1.54) is 44.9 Å². The van der Waals surface area contributed by atoms with Crippen LogP contribution in [0.5, 0.6) is 0 Å². The van der Waals surface area contributed by atoms with Crippen molar-refractivity contribution in [1.82, 2.24) is 4.90 Å². The van der Waals surface area contributed by atoms with Crippen LogP contribution in [0.3, 0.4) is 0 Å². The van der Waals surface area contributed by atoms with E-state index in [1.54, 1.807) is 0 Å². The maximum absolute atomic E-state index is 11.7. The number of amides is 1. The molecule has 3 nitrogen and oxygen atoms in total. The SMILES string of the molecule is O=CN1C[C@@]23C=C[C@@H](C[C@@H]2CC12CCCCCC2)O3. The Morgan fingerprint density at radius 1 is 1.21 bits per heavy atom. The van der Waals surface area contributed by atoms with E-state index >= 15 is 0 Å². The van der Waals surface area contributed by atoms with E-state index in [-0.39, 0.29) is 11.1 Å². The van der Waals surface area contributed by atoms with Crippen molar-refractivity contribution in [2.24, 2.45) is 5.92 Å². The predicted octanol–water partition coefficient (Wildman–Crippen LogP) is 2.66. The first-order chi connectivity index (χ1) is 9.26. The van der Waals surface area contributed by atoms with Gasteiger partial charge in [-0.05, 0) is 31.6 Å². The summed E-state index contributed by atoms with van der Waals surface area (Å²) in [6, 6.07) is 0. The van der Waals surface area contributed by atoms with Crippen LogP contribution in [-0.4, -0.2) is 35.1 Å². The molecule has 104 valence electrons. The van der Waals surface area contributed by atoms with Crippen LogP contribution in [0.15, 0.2) is 12.2 Å². The van der Waals surface area contributed by atoms with Crippen molar-refractivity contribution in [1.29, 1.82) is 0 Å². The second-order valence-corrected chi connectivity index (χ2v) is 6.98. The van der Waals surface area contributed by atoms with E-state index in [4.69, 9.17) is 4.74 Å². The normalized spacial score (nSPS) is 43.3. The van der Waals surface area contributed by atoms with Crippen molar-refractivity contribution in [2.75, 3.05) is 6.54 Å². The van der Waals surface area contributed by atoms with Crippen LogP contribution < -0.4 is 0 Å².